The van der Waals surface area contributed by atoms with Crippen LogP contribution in [0.2, 0.25) is 0 Å². The molecule has 178 valence electrons. The summed E-state index contributed by atoms with van der Waals surface area (Å²) in [5.74, 6) is 2.49. The van der Waals surface area contributed by atoms with Gasteiger partial charge >= 0.3 is 0 Å². The van der Waals surface area contributed by atoms with Gasteiger partial charge in [0, 0.05) is 60.6 Å². The van der Waals surface area contributed by atoms with Crippen LogP contribution in [0.1, 0.15) is 32.3 Å². The number of hydrogen-bond acceptors (Lipinski definition) is 6. The van der Waals surface area contributed by atoms with Gasteiger partial charge in [-0.15, -0.1) is 0 Å². The normalized spacial score (nSPS) is 20.8. The van der Waals surface area contributed by atoms with Crippen molar-refractivity contribution in [3.05, 3.63) is 58.4 Å². The number of anilines is 3. The SMILES string of the molecule is Cc1cc(Br)cnc1N1CCN(c2cc(-c3ccc(F)cc3)nc(N3CCC[C@H]3C)n2)[C@H](C)C1. The van der Waals surface area contributed by atoms with Crippen LogP contribution in [-0.4, -0.2) is 53.2 Å². The van der Waals surface area contributed by atoms with Crippen LogP contribution < -0.4 is 14.7 Å². The van der Waals surface area contributed by atoms with E-state index in [1.54, 1.807) is 12.1 Å². The molecule has 0 aliphatic carbocycles. The first-order chi connectivity index (χ1) is 16.4. The Morgan fingerprint density at radius 1 is 0.971 bits per heavy atom. The molecule has 5 rings (SSSR count). The van der Waals surface area contributed by atoms with Crippen molar-refractivity contribution in [1.82, 2.24) is 15.0 Å². The van der Waals surface area contributed by atoms with Crippen molar-refractivity contribution in [2.24, 2.45) is 0 Å². The van der Waals surface area contributed by atoms with Crippen LogP contribution in [-0.2, 0) is 0 Å². The minimum atomic E-state index is -0.243. The predicted octanol–water partition coefficient (Wildman–Crippen LogP) is 5.45. The van der Waals surface area contributed by atoms with E-state index < -0.39 is 0 Å². The third-order valence-electron chi connectivity index (χ3n) is 6.89. The van der Waals surface area contributed by atoms with Crippen molar-refractivity contribution in [1.29, 1.82) is 0 Å². The Kier molecular flexibility index (Phi) is 6.42. The summed E-state index contributed by atoms with van der Waals surface area (Å²) >= 11 is 3.51. The van der Waals surface area contributed by atoms with E-state index in [0.717, 1.165) is 72.3 Å². The van der Waals surface area contributed by atoms with Crippen LogP contribution >= 0.6 is 15.9 Å². The highest BCUT2D eigenvalue weighted by atomic mass is 79.9. The molecule has 4 heterocycles. The molecule has 3 aromatic rings. The van der Waals surface area contributed by atoms with Gasteiger partial charge in [-0.3, -0.25) is 0 Å². The molecule has 0 saturated carbocycles. The molecule has 2 aromatic heterocycles. The van der Waals surface area contributed by atoms with Crippen molar-refractivity contribution in [3.8, 4) is 11.3 Å². The summed E-state index contributed by atoms with van der Waals surface area (Å²) in [5, 5.41) is 0. The summed E-state index contributed by atoms with van der Waals surface area (Å²) in [5.41, 5.74) is 2.90. The van der Waals surface area contributed by atoms with Gasteiger partial charge in [-0.1, -0.05) is 0 Å². The van der Waals surface area contributed by atoms with Crippen molar-refractivity contribution >= 4 is 33.5 Å². The molecule has 2 aliphatic rings. The Morgan fingerprint density at radius 2 is 1.76 bits per heavy atom. The van der Waals surface area contributed by atoms with Gasteiger partial charge in [-0.2, -0.15) is 4.98 Å². The fourth-order valence-electron chi connectivity index (χ4n) is 5.05. The Bertz CT molecular complexity index is 1170. The minimum Gasteiger partial charge on any atom is -0.353 e. The third-order valence-corrected chi connectivity index (χ3v) is 7.32. The van der Waals surface area contributed by atoms with E-state index in [1.807, 2.05) is 12.3 Å². The van der Waals surface area contributed by atoms with E-state index in [9.17, 15) is 4.39 Å². The molecule has 0 N–H and O–H groups in total. The highest BCUT2D eigenvalue weighted by Crippen LogP contribution is 2.31. The first-order valence-corrected chi connectivity index (χ1v) is 12.7. The van der Waals surface area contributed by atoms with Crippen molar-refractivity contribution in [2.75, 3.05) is 40.9 Å². The molecule has 2 aliphatic heterocycles. The number of pyridine rings is 1. The summed E-state index contributed by atoms with van der Waals surface area (Å²) in [4.78, 5) is 21.6. The molecule has 2 atom stereocenters. The lowest BCUT2D eigenvalue weighted by molar-refractivity contribution is 0.541. The second-order valence-corrected chi connectivity index (χ2v) is 10.3. The molecule has 0 bridgehead atoms. The summed E-state index contributed by atoms with van der Waals surface area (Å²) in [6.07, 6.45) is 4.16. The number of benzene rings is 1. The second-order valence-electron chi connectivity index (χ2n) is 9.39. The lowest BCUT2D eigenvalue weighted by Crippen LogP contribution is -2.53. The molecular weight excluding hydrogens is 495 g/mol. The largest absolute Gasteiger partial charge is 0.353 e. The maximum absolute atomic E-state index is 13.6. The summed E-state index contributed by atoms with van der Waals surface area (Å²) in [6.45, 7) is 10.1. The third kappa shape index (κ3) is 4.60. The number of halogens is 2. The summed E-state index contributed by atoms with van der Waals surface area (Å²) < 4.78 is 14.6. The van der Waals surface area contributed by atoms with Gasteiger partial charge < -0.3 is 14.7 Å². The topological polar surface area (TPSA) is 48.4 Å². The van der Waals surface area contributed by atoms with E-state index in [0.29, 0.717) is 6.04 Å². The minimum absolute atomic E-state index is 0.243. The summed E-state index contributed by atoms with van der Waals surface area (Å²) in [6, 6.07) is 11.4. The van der Waals surface area contributed by atoms with Gasteiger partial charge in [0.15, 0.2) is 0 Å². The maximum atomic E-state index is 13.6. The van der Waals surface area contributed by atoms with Crippen LogP contribution in [0.25, 0.3) is 11.3 Å². The average molecular weight is 525 g/mol. The number of aryl methyl sites for hydroxylation is 1. The van der Waals surface area contributed by atoms with E-state index in [-0.39, 0.29) is 11.9 Å². The highest BCUT2D eigenvalue weighted by molar-refractivity contribution is 9.10. The molecule has 0 unspecified atom stereocenters. The number of hydrogen-bond donors (Lipinski definition) is 0. The molecule has 0 radical (unpaired) electrons. The summed E-state index contributed by atoms with van der Waals surface area (Å²) in [7, 11) is 0. The van der Waals surface area contributed by atoms with Crippen LogP contribution in [0.5, 0.6) is 0 Å². The molecule has 1 aromatic carbocycles. The number of nitrogens with zero attached hydrogens (tertiary/aromatic N) is 6. The zero-order valence-electron chi connectivity index (χ0n) is 19.9. The van der Waals surface area contributed by atoms with E-state index >= 15 is 0 Å². The van der Waals surface area contributed by atoms with Crippen LogP contribution in [0.4, 0.5) is 22.0 Å². The Morgan fingerprint density at radius 3 is 2.44 bits per heavy atom. The maximum Gasteiger partial charge on any atom is 0.228 e. The van der Waals surface area contributed by atoms with Gasteiger partial charge in [0.05, 0.1) is 5.69 Å². The molecule has 34 heavy (non-hydrogen) atoms. The lowest BCUT2D eigenvalue weighted by Gasteiger charge is -2.41. The average Bonchev–Trinajstić information content (AvgIpc) is 3.25. The molecule has 0 amide bonds. The first kappa shape index (κ1) is 23.0. The first-order valence-electron chi connectivity index (χ1n) is 11.9. The van der Waals surface area contributed by atoms with Crippen molar-refractivity contribution in [2.45, 2.75) is 45.7 Å². The van der Waals surface area contributed by atoms with E-state index in [4.69, 9.17) is 9.97 Å². The van der Waals surface area contributed by atoms with E-state index in [2.05, 4.69) is 62.5 Å². The molecule has 2 fully saturated rings. The number of rotatable bonds is 4. The number of piperazine rings is 1. The predicted molar refractivity (Wildman–Crippen MR) is 139 cm³/mol. The highest BCUT2D eigenvalue weighted by Gasteiger charge is 2.29. The fraction of sp³-hybridized carbons (Fsp3) is 0.423. The zero-order valence-corrected chi connectivity index (χ0v) is 21.5. The van der Waals surface area contributed by atoms with Crippen molar-refractivity contribution < 1.29 is 4.39 Å². The Labute approximate surface area is 209 Å². The van der Waals surface area contributed by atoms with Gasteiger partial charge in [-0.05, 0) is 85.4 Å². The quantitative estimate of drug-likeness (QED) is 0.452. The molecule has 8 heteroatoms. The Balaban J connectivity index is 1.46. The van der Waals surface area contributed by atoms with Gasteiger partial charge in [0.25, 0.3) is 0 Å². The molecule has 2 saturated heterocycles. The molecule has 6 nitrogen and oxygen atoms in total. The lowest BCUT2D eigenvalue weighted by atomic mass is 10.1. The Hall–Kier alpha value is -2.74. The number of aromatic nitrogens is 3. The van der Waals surface area contributed by atoms with Crippen molar-refractivity contribution in [3.63, 3.8) is 0 Å². The van der Waals surface area contributed by atoms with Gasteiger partial charge in [0.2, 0.25) is 5.95 Å². The monoisotopic (exact) mass is 524 g/mol. The van der Waals surface area contributed by atoms with Crippen LogP contribution in [0.15, 0.2) is 47.1 Å². The van der Waals surface area contributed by atoms with Crippen LogP contribution in [0.3, 0.4) is 0 Å². The fourth-order valence-corrected chi connectivity index (χ4v) is 5.50. The zero-order chi connectivity index (χ0) is 23.8. The smallest absolute Gasteiger partial charge is 0.228 e. The van der Waals surface area contributed by atoms with Crippen LogP contribution in [0, 0.1) is 12.7 Å². The van der Waals surface area contributed by atoms with Gasteiger partial charge in [0.1, 0.15) is 17.5 Å². The molecular formula is C26H30BrFN6. The second kappa shape index (κ2) is 9.49. The standard InChI is InChI=1S/C26H30BrFN6/c1-17-13-21(27)15-29-25(17)32-11-12-33(19(3)16-32)24-14-23(20-6-8-22(28)9-7-20)30-26(31-24)34-10-4-5-18(34)2/h6-9,13-15,18-19H,4-5,10-12,16H2,1-3H3/t18-,19-/m1/s1. The molecule has 0 spiro atoms. The van der Waals surface area contributed by atoms with E-state index in [1.165, 1.54) is 17.7 Å². The van der Waals surface area contributed by atoms with Gasteiger partial charge in [-0.25, -0.2) is 14.4 Å².